The predicted octanol–water partition coefficient (Wildman–Crippen LogP) is 2.43. The number of carboxylic acids is 1. The third kappa shape index (κ3) is 5.21. The molecule has 0 spiro atoms. The monoisotopic (exact) mass is 315 g/mol. The highest BCUT2D eigenvalue weighted by atomic mass is 19.1. The van der Waals surface area contributed by atoms with Gasteiger partial charge in [-0.3, -0.25) is 9.59 Å². The Balaban J connectivity index is 1.90. The molecule has 0 fully saturated rings. The van der Waals surface area contributed by atoms with Gasteiger partial charge in [0.05, 0.1) is 12.3 Å². The first-order valence-corrected chi connectivity index (χ1v) is 7.33. The maximum absolute atomic E-state index is 13.5. The van der Waals surface area contributed by atoms with E-state index in [2.05, 4.69) is 5.32 Å². The Bertz CT molecular complexity index is 673. The van der Waals surface area contributed by atoms with Gasteiger partial charge in [0.25, 0.3) is 0 Å². The number of carbonyl (C=O) groups is 2. The molecule has 2 N–H and O–H groups in total. The van der Waals surface area contributed by atoms with Gasteiger partial charge in [0.2, 0.25) is 5.91 Å². The van der Waals surface area contributed by atoms with Gasteiger partial charge < -0.3 is 10.4 Å². The molecule has 0 heterocycles. The number of benzene rings is 2. The van der Waals surface area contributed by atoms with Gasteiger partial charge in [-0.15, -0.1) is 0 Å². The lowest BCUT2D eigenvalue weighted by Crippen LogP contribution is -2.35. The van der Waals surface area contributed by atoms with Crippen molar-refractivity contribution in [3.05, 3.63) is 71.5 Å². The van der Waals surface area contributed by atoms with Crippen LogP contribution in [0.25, 0.3) is 0 Å². The highest BCUT2D eigenvalue weighted by molar-refractivity contribution is 5.79. The van der Waals surface area contributed by atoms with Crippen molar-refractivity contribution < 1.29 is 19.1 Å². The van der Waals surface area contributed by atoms with Crippen LogP contribution >= 0.6 is 0 Å². The molecular weight excluding hydrogens is 297 g/mol. The minimum absolute atomic E-state index is 0.0114. The van der Waals surface area contributed by atoms with Crippen LogP contribution in [0.4, 0.5) is 4.39 Å². The third-order valence-corrected chi connectivity index (χ3v) is 3.53. The van der Waals surface area contributed by atoms with Crippen molar-refractivity contribution >= 4 is 11.9 Å². The maximum atomic E-state index is 13.5. The van der Waals surface area contributed by atoms with E-state index in [0.717, 1.165) is 5.56 Å². The number of halogens is 1. The first-order valence-electron chi connectivity index (χ1n) is 7.33. The molecule has 4 nitrogen and oxygen atoms in total. The van der Waals surface area contributed by atoms with Gasteiger partial charge >= 0.3 is 5.97 Å². The highest BCUT2D eigenvalue weighted by Gasteiger charge is 2.19. The normalized spacial score (nSPS) is 11.7. The molecule has 2 aromatic rings. The van der Waals surface area contributed by atoms with Gasteiger partial charge in [-0.2, -0.15) is 0 Å². The van der Waals surface area contributed by atoms with E-state index in [9.17, 15) is 19.1 Å². The van der Waals surface area contributed by atoms with Crippen LogP contribution in [0.5, 0.6) is 0 Å². The zero-order valence-corrected chi connectivity index (χ0v) is 12.5. The van der Waals surface area contributed by atoms with Gasteiger partial charge in [-0.25, -0.2) is 4.39 Å². The minimum atomic E-state index is -0.972. The molecule has 2 rings (SSSR count). The Morgan fingerprint density at radius 2 is 1.70 bits per heavy atom. The van der Waals surface area contributed by atoms with Crippen LogP contribution in [0.1, 0.15) is 11.1 Å². The van der Waals surface area contributed by atoms with E-state index in [1.807, 2.05) is 30.3 Å². The molecular formula is C18H18FNO3. The summed E-state index contributed by atoms with van der Waals surface area (Å²) in [6, 6.07) is 15.3. The summed E-state index contributed by atoms with van der Waals surface area (Å²) >= 11 is 0. The molecule has 0 radical (unpaired) electrons. The molecule has 1 atom stereocenters. The van der Waals surface area contributed by atoms with Crippen LogP contribution in [0.2, 0.25) is 0 Å². The van der Waals surface area contributed by atoms with Crippen molar-refractivity contribution in [3.63, 3.8) is 0 Å². The second kappa shape index (κ2) is 8.08. The lowest BCUT2D eigenvalue weighted by Gasteiger charge is -2.13. The van der Waals surface area contributed by atoms with Crippen LogP contribution in [0.15, 0.2) is 54.6 Å². The summed E-state index contributed by atoms with van der Waals surface area (Å²) in [5.74, 6) is -2.53. The van der Waals surface area contributed by atoms with Gasteiger partial charge in [0, 0.05) is 6.54 Å². The maximum Gasteiger partial charge on any atom is 0.308 e. The van der Waals surface area contributed by atoms with Gasteiger partial charge in [-0.05, 0) is 23.6 Å². The Morgan fingerprint density at radius 3 is 2.35 bits per heavy atom. The zero-order chi connectivity index (χ0) is 16.7. The number of carbonyl (C=O) groups excluding carboxylic acids is 1. The van der Waals surface area contributed by atoms with Crippen LogP contribution in [-0.2, 0) is 22.4 Å². The fourth-order valence-corrected chi connectivity index (χ4v) is 2.26. The van der Waals surface area contributed by atoms with E-state index in [0.29, 0.717) is 12.0 Å². The molecule has 0 aliphatic carbocycles. The second-order valence-electron chi connectivity index (χ2n) is 5.30. The van der Waals surface area contributed by atoms with Crippen molar-refractivity contribution in [2.75, 3.05) is 6.54 Å². The summed E-state index contributed by atoms with van der Waals surface area (Å²) in [5.41, 5.74) is 1.18. The van der Waals surface area contributed by atoms with E-state index in [1.165, 1.54) is 12.1 Å². The molecule has 1 amide bonds. The van der Waals surface area contributed by atoms with E-state index in [1.54, 1.807) is 12.1 Å². The smallest absolute Gasteiger partial charge is 0.308 e. The largest absolute Gasteiger partial charge is 0.481 e. The molecule has 0 saturated heterocycles. The predicted molar refractivity (Wildman–Crippen MR) is 84.4 cm³/mol. The fourth-order valence-electron chi connectivity index (χ4n) is 2.26. The summed E-state index contributed by atoms with van der Waals surface area (Å²) in [6.45, 7) is 0.0114. The lowest BCUT2D eigenvalue weighted by molar-refractivity contribution is -0.141. The van der Waals surface area contributed by atoms with Crippen LogP contribution in [0, 0.1) is 11.7 Å². The Morgan fingerprint density at radius 1 is 1.04 bits per heavy atom. The molecule has 23 heavy (non-hydrogen) atoms. The van der Waals surface area contributed by atoms with Crippen molar-refractivity contribution in [2.24, 2.45) is 5.92 Å². The first kappa shape index (κ1) is 16.7. The van der Waals surface area contributed by atoms with Crippen molar-refractivity contribution in [1.29, 1.82) is 0 Å². The number of carboxylic acid groups (broad SMARTS) is 1. The van der Waals surface area contributed by atoms with E-state index in [-0.39, 0.29) is 13.0 Å². The van der Waals surface area contributed by atoms with Gasteiger partial charge in [-0.1, -0.05) is 48.5 Å². The average Bonchev–Trinajstić information content (AvgIpc) is 2.54. The fraction of sp³-hybridized carbons (Fsp3) is 0.222. The van der Waals surface area contributed by atoms with E-state index in [4.69, 9.17) is 0 Å². The van der Waals surface area contributed by atoms with Crippen LogP contribution in [-0.4, -0.2) is 23.5 Å². The standard InChI is InChI=1S/C18H18FNO3/c19-16-9-5-4-8-14(16)11-17(21)20-12-15(18(22)23)10-13-6-2-1-3-7-13/h1-9,15H,10-12H2,(H,20,21)(H,22,23). The second-order valence-corrected chi connectivity index (χ2v) is 5.30. The summed E-state index contributed by atoms with van der Waals surface area (Å²) in [7, 11) is 0. The molecule has 0 aliphatic heterocycles. The average molecular weight is 315 g/mol. The molecule has 0 aliphatic rings. The van der Waals surface area contributed by atoms with Crippen LogP contribution in [0.3, 0.4) is 0 Å². The summed E-state index contributed by atoms with van der Waals surface area (Å²) in [6.07, 6.45) is 0.223. The molecule has 120 valence electrons. The van der Waals surface area contributed by atoms with E-state index < -0.39 is 23.6 Å². The van der Waals surface area contributed by atoms with Crippen LogP contribution < -0.4 is 5.32 Å². The Kier molecular flexibility index (Phi) is 5.86. The van der Waals surface area contributed by atoms with Crippen molar-refractivity contribution in [1.82, 2.24) is 5.32 Å². The third-order valence-electron chi connectivity index (χ3n) is 3.53. The minimum Gasteiger partial charge on any atom is -0.481 e. The van der Waals surface area contributed by atoms with Crippen molar-refractivity contribution in [2.45, 2.75) is 12.8 Å². The topological polar surface area (TPSA) is 66.4 Å². The zero-order valence-electron chi connectivity index (χ0n) is 12.5. The molecule has 1 unspecified atom stereocenters. The highest BCUT2D eigenvalue weighted by Crippen LogP contribution is 2.10. The summed E-state index contributed by atoms with van der Waals surface area (Å²) in [4.78, 5) is 23.2. The van der Waals surface area contributed by atoms with Gasteiger partial charge in [0.15, 0.2) is 0 Å². The molecule has 0 bridgehead atoms. The quantitative estimate of drug-likeness (QED) is 0.824. The number of hydrogen-bond donors (Lipinski definition) is 2. The molecule has 0 aromatic heterocycles. The number of hydrogen-bond acceptors (Lipinski definition) is 2. The van der Waals surface area contributed by atoms with Crippen molar-refractivity contribution in [3.8, 4) is 0 Å². The summed E-state index contributed by atoms with van der Waals surface area (Å²) in [5, 5.41) is 11.8. The van der Waals surface area contributed by atoms with Gasteiger partial charge in [0.1, 0.15) is 5.82 Å². The molecule has 5 heteroatoms. The number of amides is 1. The number of rotatable bonds is 7. The SMILES string of the molecule is O=C(Cc1ccccc1F)NCC(Cc1ccccc1)C(=O)O. The first-order chi connectivity index (χ1) is 11.1. The number of nitrogens with one attached hydrogen (secondary N) is 1. The lowest BCUT2D eigenvalue weighted by atomic mass is 9.99. The molecule has 2 aromatic carbocycles. The summed E-state index contributed by atoms with van der Waals surface area (Å²) < 4.78 is 13.5. The Hall–Kier alpha value is -2.69. The number of aliphatic carboxylic acids is 1. The Labute approximate surface area is 134 Å². The molecule has 0 saturated carbocycles. The van der Waals surface area contributed by atoms with E-state index >= 15 is 0 Å².